The van der Waals surface area contributed by atoms with Crippen LogP contribution in [0.4, 0.5) is 4.39 Å². The van der Waals surface area contributed by atoms with E-state index in [4.69, 9.17) is 18.9 Å². The number of halogens is 1. The third-order valence-corrected chi connectivity index (χ3v) is 5.57. The summed E-state index contributed by atoms with van der Waals surface area (Å²) >= 11 is 1.17. The Kier molecular flexibility index (Phi) is 7.33. The number of thioether (sulfide) groups is 1. The van der Waals surface area contributed by atoms with Gasteiger partial charge < -0.3 is 18.9 Å². The van der Waals surface area contributed by atoms with Crippen molar-refractivity contribution in [3.63, 3.8) is 0 Å². The summed E-state index contributed by atoms with van der Waals surface area (Å²) in [7, 11) is 1.71. The van der Waals surface area contributed by atoms with E-state index < -0.39 is 47.5 Å². The molecule has 32 heavy (non-hydrogen) atoms. The maximum Gasteiger partial charge on any atom is 0.303 e. The fraction of sp³-hybridized carbons (Fsp3) is 0.450. The Hall–Kier alpha value is -3.15. The third kappa shape index (κ3) is 5.75. The van der Waals surface area contributed by atoms with Crippen LogP contribution in [0.5, 0.6) is 5.75 Å². The molecule has 0 aromatic carbocycles. The highest BCUT2D eigenvalue weighted by atomic mass is 32.2. The molecule has 0 bridgehead atoms. The summed E-state index contributed by atoms with van der Waals surface area (Å²) in [5, 5.41) is 4.00. The van der Waals surface area contributed by atoms with Gasteiger partial charge in [-0.2, -0.15) is 5.10 Å². The molecule has 0 radical (unpaired) electrons. The van der Waals surface area contributed by atoms with E-state index in [0.29, 0.717) is 5.56 Å². The van der Waals surface area contributed by atoms with Crippen LogP contribution in [-0.2, 0) is 35.6 Å². The van der Waals surface area contributed by atoms with Gasteiger partial charge in [-0.1, -0.05) is 0 Å². The van der Waals surface area contributed by atoms with Crippen LogP contribution in [0.15, 0.2) is 24.7 Å². The van der Waals surface area contributed by atoms with Crippen molar-refractivity contribution in [1.29, 1.82) is 0 Å². The highest BCUT2D eigenvalue weighted by molar-refractivity contribution is 7.99. The topological polar surface area (TPSA) is 119 Å². The molecular formula is C20H22FN3O7S. The Labute approximate surface area is 187 Å². The predicted molar refractivity (Wildman–Crippen MR) is 110 cm³/mol. The molecule has 1 aliphatic heterocycles. The Bertz CT molecular complexity index is 1010. The van der Waals surface area contributed by atoms with Crippen LogP contribution < -0.4 is 4.74 Å². The fourth-order valence-electron chi connectivity index (χ4n) is 3.18. The first-order chi connectivity index (χ1) is 15.1. The van der Waals surface area contributed by atoms with Gasteiger partial charge in [0.15, 0.2) is 29.6 Å². The minimum atomic E-state index is -1.11. The smallest absolute Gasteiger partial charge is 0.303 e. The highest BCUT2D eigenvalue weighted by Gasteiger charge is 2.47. The third-order valence-electron chi connectivity index (χ3n) is 4.35. The van der Waals surface area contributed by atoms with Gasteiger partial charge in [-0.3, -0.25) is 19.1 Å². The largest absolute Gasteiger partial charge is 0.474 e. The summed E-state index contributed by atoms with van der Waals surface area (Å²) in [4.78, 5) is 38.9. The van der Waals surface area contributed by atoms with Crippen LogP contribution in [0, 0.1) is 5.82 Å². The van der Waals surface area contributed by atoms with Crippen LogP contribution in [0.25, 0.3) is 11.3 Å². The number of carbonyl (C=O) groups excluding carboxylic acids is 3. The van der Waals surface area contributed by atoms with E-state index in [0.717, 1.165) is 6.07 Å². The zero-order valence-corrected chi connectivity index (χ0v) is 18.6. The molecule has 12 heteroatoms. The van der Waals surface area contributed by atoms with Crippen LogP contribution in [0.1, 0.15) is 20.8 Å². The van der Waals surface area contributed by atoms with Crippen molar-refractivity contribution in [3.05, 3.63) is 30.5 Å². The van der Waals surface area contributed by atoms with Crippen molar-refractivity contribution in [1.82, 2.24) is 14.8 Å². The van der Waals surface area contributed by atoms with Crippen LogP contribution in [0.2, 0.25) is 0 Å². The molecular weight excluding hydrogens is 445 g/mol. The van der Waals surface area contributed by atoms with Gasteiger partial charge in [0, 0.05) is 51.4 Å². The lowest BCUT2D eigenvalue weighted by atomic mass is 10.1. The number of rotatable bonds is 6. The van der Waals surface area contributed by atoms with E-state index in [-0.39, 0.29) is 17.2 Å². The molecule has 0 unspecified atom stereocenters. The lowest BCUT2D eigenvalue weighted by Crippen LogP contribution is -2.55. The standard InChI is InChI=1S/C20H22FN3O7S/c1-10(25)28-16-9-32-20(19(30-12(3)27)18(16)29-11(2)26)31-14-5-15(21)17(22-7-14)13-6-23-24(4)8-13/h5-8,16,18-20H,9H2,1-4H3/t16-,18+,19-,20-/m1/s1. The van der Waals surface area contributed by atoms with Crippen LogP contribution >= 0.6 is 11.8 Å². The number of hydrogen-bond donors (Lipinski definition) is 0. The average molecular weight is 467 g/mol. The molecule has 1 aliphatic rings. The number of pyridine rings is 1. The number of esters is 3. The summed E-state index contributed by atoms with van der Waals surface area (Å²) in [5.74, 6) is -2.23. The van der Waals surface area contributed by atoms with Crippen molar-refractivity contribution in [2.75, 3.05) is 5.75 Å². The first-order valence-electron chi connectivity index (χ1n) is 9.58. The molecule has 1 saturated heterocycles. The molecule has 3 rings (SSSR count). The Morgan fingerprint density at radius 2 is 1.72 bits per heavy atom. The highest BCUT2D eigenvalue weighted by Crippen LogP contribution is 2.35. The zero-order valence-electron chi connectivity index (χ0n) is 17.8. The number of hydrogen-bond acceptors (Lipinski definition) is 10. The molecule has 4 atom stereocenters. The monoisotopic (exact) mass is 467 g/mol. The molecule has 0 amide bonds. The molecule has 0 N–H and O–H groups in total. The summed E-state index contributed by atoms with van der Waals surface area (Å²) in [5.41, 5.74) is -0.271. The number of aryl methyl sites for hydroxylation is 1. The van der Waals surface area contributed by atoms with E-state index in [9.17, 15) is 18.8 Å². The van der Waals surface area contributed by atoms with E-state index >= 15 is 0 Å². The van der Waals surface area contributed by atoms with Gasteiger partial charge in [0.1, 0.15) is 11.4 Å². The average Bonchev–Trinajstić information content (AvgIpc) is 3.11. The number of carbonyl (C=O) groups is 3. The molecule has 172 valence electrons. The molecule has 1 fully saturated rings. The van der Waals surface area contributed by atoms with Crippen molar-refractivity contribution >= 4 is 29.7 Å². The van der Waals surface area contributed by atoms with Gasteiger partial charge in [-0.05, 0) is 0 Å². The molecule has 10 nitrogen and oxygen atoms in total. The predicted octanol–water partition coefficient (Wildman–Crippen LogP) is 1.87. The molecule has 0 saturated carbocycles. The minimum absolute atomic E-state index is 0.0808. The number of aromatic nitrogens is 3. The van der Waals surface area contributed by atoms with Gasteiger partial charge in [0.05, 0.1) is 12.4 Å². The van der Waals surface area contributed by atoms with Gasteiger partial charge in [0.2, 0.25) is 0 Å². The van der Waals surface area contributed by atoms with E-state index in [2.05, 4.69) is 10.1 Å². The van der Waals surface area contributed by atoms with Gasteiger partial charge in [-0.15, -0.1) is 11.8 Å². The van der Waals surface area contributed by atoms with E-state index in [1.165, 1.54) is 49.6 Å². The molecule has 3 heterocycles. The first kappa shape index (κ1) is 23.5. The summed E-state index contributed by atoms with van der Waals surface area (Å²) in [6.45, 7) is 3.59. The van der Waals surface area contributed by atoms with Crippen LogP contribution in [0.3, 0.4) is 0 Å². The van der Waals surface area contributed by atoms with Gasteiger partial charge in [-0.25, -0.2) is 9.37 Å². The minimum Gasteiger partial charge on any atom is -0.474 e. The van der Waals surface area contributed by atoms with E-state index in [1.54, 1.807) is 13.2 Å². The van der Waals surface area contributed by atoms with Crippen LogP contribution in [-0.4, -0.2) is 62.2 Å². The van der Waals surface area contributed by atoms with Crippen molar-refractivity contribution in [3.8, 4) is 17.0 Å². The first-order valence-corrected chi connectivity index (χ1v) is 10.6. The SMILES string of the molecule is CC(=O)O[C@@H]1[C@@H](OC(C)=O)[C@H](OC(C)=O)CS[C@H]1Oc1cnc(-c2cnn(C)c2)c(F)c1. The Balaban J connectivity index is 1.84. The van der Waals surface area contributed by atoms with E-state index in [1.807, 2.05) is 0 Å². The maximum atomic E-state index is 14.7. The lowest BCUT2D eigenvalue weighted by Gasteiger charge is -2.39. The van der Waals surface area contributed by atoms with Crippen molar-refractivity contribution < 1.29 is 37.7 Å². The Morgan fingerprint density at radius 1 is 1.06 bits per heavy atom. The molecule has 2 aromatic heterocycles. The van der Waals surface area contributed by atoms with Crippen molar-refractivity contribution in [2.45, 2.75) is 44.5 Å². The number of nitrogens with zero attached hydrogens (tertiary/aromatic N) is 3. The second-order valence-electron chi connectivity index (χ2n) is 7.02. The quantitative estimate of drug-likeness (QED) is 0.460. The molecule has 0 aliphatic carbocycles. The number of ether oxygens (including phenoxy) is 4. The summed E-state index contributed by atoms with van der Waals surface area (Å²) in [6, 6.07) is 1.15. The Morgan fingerprint density at radius 3 is 2.28 bits per heavy atom. The van der Waals surface area contributed by atoms with Gasteiger partial charge in [0.25, 0.3) is 0 Å². The summed E-state index contributed by atoms with van der Waals surface area (Å²) in [6.07, 6.45) is 1.38. The second-order valence-corrected chi connectivity index (χ2v) is 8.15. The second kappa shape index (κ2) is 9.98. The summed E-state index contributed by atoms with van der Waals surface area (Å²) < 4.78 is 37.9. The fourth-order valence-corrected chi connectivity index (χ4v) is 4.40. The zero-order chi connectivity index (χ0) is 23.4. The normalized spacial score (nSPS) is 22.7. The van der Waals surface area contributed by atoms with Gasteiger partial charge >= 0.3 is 17.9 Å². The molecule has 0 spiro atoms. The lowest BCUT2D eigenvalue weighted by molar-refractivity contribution is -0.186. The maximum absolute atomic E-state index is 14.7. The van der Waals surface area contributed by atoms with Crippen molar-refractivity contribution in [2.24, 2.45) is 7.05 Å². The molecule has 2 aromatic rings.